The topological polar surface area (TPSA) is 76.2 Å². The minimum atomic E-state index is -4.79. The Labute approximate surface area is 241 Å². The third-order valence-corrected chi connectivity index (χ3v) is 6.43. The second kappa shape index (κ2) is 12.2. The maximum absolute atomic E-state index is 14.1. The van der Waals surface area contributed by atoms with Gasteiger partial charge in [0.15, 0.2) is 0 Å². The average molecular weight is 591 g/mol. The van der Waals surface area contributed by atoms with Gasteiger partial charge in [-0.2, -0.15) is 13.2 Å². The van der Waals surface area contributed by atoms with Crippen molar-refractivity contribution in [1.29, 1.82) is 0 Å². The number of ether oxygens (including phenoxy) is 2. The summed E-state index contributed by atoms with van der Waals surface area (Å²) in [4.78, 5) is 41.7. The third-order valence-electron chi connectivity index (χ3n) is 6.11. The fourth-order valence-electron chi connectivity index (χ4n) is 4.19. The molecular formula is C30H30ClF3N2O5. The van der Waals surface area contributed by atoms with Gasteiger partial charge in [0.1, 0.15) is 5.75 Å². The molecule has 3 aromatic carbocycles. The average Bonchev–Trinajstić information content (AvgIpc) is 2.89. The van der Waals surface area contributed by atoms with E-state index in [-0.39, 0.29) is 11.1 Å². The Morgan fingerprint density at radius 2 is 1.51 bits per heavy atom. The zero-order chi connectivity index (χ0) is 30.7. The summed E-state index contributed by atoms with van der Waals surface area (Å²) in [5, 5.41) is 1.38. The van der Waals surface area contributed by atoms with E-state index in [1.807, 2.05) is 0 Å². The Hall–Kier alpha value is -4.05. The highest BCUT2D eigenvalue weighted by Gasteiger charge is 2.43. The smallest absolute Gasteiger partial charge is 0.438 e. The minimum Gasteiger partial charge on any atom is -0.496 e. The van der Waals surface area contributed by atoms with Crippen LogP contribution >= 0.6 is 11.6 Å². The second-order valence-corrected chi connectivity index (χ2v) is 10.6. The summed E-state index contributed by atoms with van der Waals surface area (Å²) in [7, 11) is 1.40. The number of rotatable bonds is 5. The summed E-state index contributed by atoms with van der Waals surface area (Å²) in [6.07, 6.45) is -6.24. The van der Waals surface area contributed by atoms with Gasteiger partial charge in [-0.3, -0.25) is 9.59 Å². The molecule has 218 valence electrons. The van der Waals surface area contributed by atoms with Gasteiger partial charge in [-0.05, 0) is 65.0 Å². The summed E-state index contributed by atoms with van der Waals surface area (Å²) >= 11 is 6.22. The van der Waals surface area contributed by atoms with E-state index in [2.05, 4.69) is 0 Å². The highest BCUT2D eigenvalue weighted by atomic mass is 35.5. The number of imide groups is 1. The first-order valence-corrected chi connectivity index (χ1v) is 12.9. The van der Waals surface area contributed by atoms with Crippen LogP contribution in [0.15, 0.2) is 66.7 Å². The fourth-order valence-corrected chi connectivity index (χ4v) is 4.45. The number of carbonyl (C=O) groups excluding carboxylic acids is 3. The van der Waals surface area contributed by atoms with Crippen LogP contribution in [-0.2, 0) is 10.9 Å². The first-order chi connectivity index (χ1) is 19.1. The van der Waals surface area contributed by atoms with E-state index in [0.717, 1.165) is 22.7 Å². The minimum absolute atomic E-state index is 0.00518. The standard InChI is InChI=1S/C30H30ClF3N2O5/c1-18-11-9-12-20(17-18)26(37)36(29(3,4)5)35(27(38)21-14-10-16-24(40-6)19(21)2)28(39)41-25(31)22-13-7-8-15-23(22)30(32,33)34/h7-17,25H,1-6H3. The molecule has 0 spiro atoms. The molecule has 3 aromatic rings. The molecule has 0 aliphatic carbocycles. The molecule has 0 N–H and O–H groups in total. The lowest BCUT2D eigenvalue weighted by Gasteiger charge is -2.41. The van der Waals surface area contributed by atoms with Gasteiger partial charge in [-0.25, -0.2) is 9.80 Å². The molecule has 1 unspecified atom stereocenters. The Morgan fingerprint density at radius 3 is 2.10 bits per heavy atom. The van der Waals surface area contributed by atoms with Gasteiger partial charge < -0.3 is 9.47 Å². The van der Waals surface area contributed by atoms with Gasteiger partial charge in [0.25, 0.3) is 11.8 Å². The molecule has 0 saturated carbocycles. The van der Waals surface area contributed by atoms with Gasteiger partial charge in [0.2, 0.25) is 5.56 Å². The number of carbonyl (C=O) groups is 3. The van der Waals surface area contributed by atoms with Crippen LogP contribution in [0, 0.1) is 13.8 Å². The van der Waals surface area contributed by atoms with Crippen LogP contribution in [-0.4, -0.2) is 40.6 Å². The number of hydrazine groups is 1. The van der Waals surface area contributed by atoms with Crippen LogP contribution < -0.4 is 4.74 Å². The predicted octanol–water partition coefficient (Wildman–Crippen LogP) is 7.70. The van der Waals surface area contributed by atoms with Crippen LogP contribution in [0.25, 0.3) is 0 Å². The summed E-state index contributed by atoms with van der Waals surface area (Å²) in [6.45, 7) is 8.12. The van der Waals surface area contributed by atoms with E-state index < -0.39 is 46.3 Å². The number of amides is 3. The lowest BCUT2D eigenvalue weighted by Crippen LogP contribution is -2.60. The monoisotopic (exact) mass is 590 g/mol. The lowest BCUT2D eigenvalue weighted by molar-refractivity contribution is -0.138. The first-order valence-electron chi connectivity index (χ1n) is 12.5. The van der Waals surface area contributed by atoms with Crippen molar-refractivity contribution in [3.05, 3.63) is 100 Å². The molecule has 41 heavy (non-hydrogen) atoms. The van der Waals surface area contributed by atoms with Gasteiger partial charge in [-0.1, -0.05) is 53.6 Å². The molecule has 1 atom stereocenters. The number of nitrogens with zero attached hydrogens (tertiary/aromatic N) is 2. The van der Waals surface area contributed by atoms with E-state index in [4.69, 9.17) is 21.1 Å². The van der Waals surface area contributed by atoms with Gasteiger partial charge in [-0.15, -0.1) is 5.01 Å². The molecule has 3 amide bonds. The number of alkyl halides is 4. The quantitative estimate of drug-likeness (QED) is 0.225. The Kier molecular flexibility index (Phi) is 9.38. The zero-order valence-electron chi connectivity index (χ0n) is 23.4. The highest BCUT2D eigenvalue weighted by Crippen LogP contribution is 2.37. The molecule has 0 saturated heterocycles. The summed E-state index contributed by atoms with van der Waals surface area (Å²) < 4.78 is 51.5. The summed E-state index contributed by atoms with van der Waals surface area (Å²) in [5.41, 5.74) is -3.53. The lowest BCUT2D eigenvalue weighted by atomic mass is 10.0. The van der Waals surface area contributed by atoms with Crippen LogP contribution in [0.4, 0.5) is 18.0 Å². The van der Waals surface area contributed by atoms with Crippen LogP contribution in [0.5, 0.6) is 5.75 Å². The van der Waals surface area contributed by atoms with E-state index in [0.29, 0.717) is 16.3 Å². The first kappa shape index (κ1) is 31.5. The largest absolute Gasteiger partial charge is 0.496 e. The number of aryl methyl sites for hydroxylation is 1. The van der Waals surface area contributed by atoms with Crippen LogP contribution in [0.1, 0.15) is 69.3 Å². The number of halogens is 4. The van der Waals surface area contributed by atoms with Crippen molar-refractivity contribution in [1.82, 2.24) is 10.0 Å². The fraction of sp³-hybridized carbons (Fsp3) is 0.300. The van der Waals surface area contributed by atoms with Crippen molar-refractivity contribution < 1.29 is 37.0 Å². The van der Waals surface area contributed by atoms with Crippen LogP contribution in [0.2, 0.25) is 0 Å². The molecule has 0 fully saturated rings. The number of benzene rings is 3. The predicted molar refractivity (Wildman–Crippen MR) is 148 cm³/mol. The molecule has 0 aromatic heterocycles. The Morgan fingerprint density at radius 1 is 0.878 bits per heavy atom. The molecule has 11 heteroatoms. The molecule has 7 nitrogen and oxygen atoms in total. The third kappa shape index (κ3) is 7.00. The molecule has 0 aliphatic rings. The zero-order valence-corrected chi connectivity index (χ0v) is 24.1. The SMILES string of the molecule is COc1cccc(C(=O)N(C(=O)OC(Cl)c2ccccc2C(F)(F)F)N(C(=O)c2cccc(C)c2)C(C)(C)C)c1C. The molecule has 3 rings (SSSR count). The molecule has 0 bridgehead atoms. The normalized spacial score (nSPS) is 12.3. The summed E-state index contributed by atoms with van der Waals surface area (Å²) in [5.74, 6) is -1.37. The molecule has 0 aliphatic heterocycles. The van der Waals surface area contributed by atoms with Gasteiger partial charge >= 0.3 is 12.3 Å². The maximum atomic E-state index is 14.1. The van der Waals surface area contributed by atoms with Crippen molar-refractivity contribution in [3.8, 4) is 5.75 Å². The second-order valence-electron chi connectivity index (χ2n) is 10.2. The molecular weight excluding hydrogens is 561 g/mol. The number of hydrogen-bond donors (Lipinski definition) is 0. The Balaban J connectivity index is 2.17. The van der Waals surface area contributed by atoms with Crippen molar-refractivity contribution in [2.24, 2.45) is 0 Å². The van der Waals surface area contributed by atoms with E-state index in [1.54, 1.807) is 58.9 Å². The molecule has 0 radical (unpaired) electrons. The number of hydrogen-bond acceptors (Lipinski definition) is 5. The van der Waals surface area contributed by atoms with Crippen LogP contribution in [0.3, 0.4) is 0 Å². The Bertz CT molecular complexity index is 1450. The van der Waals surface area contributed by atoms with Gasteiger partial charge in [0.05, 0.1) is 18.2 Å². The van der Waals surface area contributed by atoms with Crippen molar-refractivity contribution in [2.75, 3.05) is 7.11 Å². The maximum Gasteiger partial charge on any atom is 0.438 e. The highest BCUT2D eigenvalue weighted by molar-refractivity contribution is 6.20. The summed E-state index contributed by atoms with van der Waals surface area (Å²) in [6, 6.07) is 15.4. The van der Waals surface area contributed by atoms with Crippen molar-refractivity contribution in [3.63, 3.8) is 0 Å². The van der Waals surface area contributed by atoms with Crippen molar-refractivity contribution in [2.45, 2.75) is 51.9 Å². The molecule has 0 heterocycles. The number of methoxy groups -OCH3 is 1. The van der Waals surface area contributed by atoms with E-state index in [1.165, 1.54) is 37.4 Å². The van der Waals surface area contributed by atoms with E-state index >= 15 is 0 Å². The van der Waals surface area contributed by atoms with E-state index in [9.17, 15) is 27.6 Å². The van der Waals surface area contributed by atoms with Crippen molar-refractivity contribution >= 4 is 29.5 Å². The van der Waals surface area contributed by atoms with Gasteiger partial charge in [0, 0.05) is 22.3 Å².